The third-order valence-electron chi connectivity index (χ3n) is 5.22. The maximum atomic E-state index is 14.0. The Morgan fingerprint density at radius 3 is 2.76 bits per heavy atom. The number of guanidine groups is 1. The van der Waals surface area contributed by atoms with Crippen LogP contribution in [0.25, 0.3) is 0 Å². The van der Waals surface area contributed by atoms with Gasteiger partial charge in [0.05, 0.1) is 6.54 Å². The molecular formula is C19H25F2IN6O. The fourth-order valence-corrected chi connectivity index (χ4v) is 3.75. The van der Waals surface area contributed by atoms with E-state index in [1.54, 1.807) is 14.2 Å². The van der Waals surface area contributed by atoms with Crippen LogP contribution in [-0.4, -0.2) is 47.0 Å². The second-order valence-electron chi connectivity index (χ2n) is 7.24. The van der Waals surface area contributed by atoms with Crippen LogP contribution < -0.4 is 10.6 Å². The number of aromatic nitrogens is 3. The Balaban J connectivity index is 0.00000240. The third-order valence-corrected chi connectivity index (χ3v) is 5.22. The Bertz CT molecular complexity index is 869. The number of fused-ring (bicyclic) bond motifs is 1. The molecule has 2 N–H and O–H groups in total. The minimum atomic E-state index is -0.491. The number of halogens is 3. The maximum Gasteiger partial charge on any atom is 0.191 e. The minimum Gasteiger partial charge on any atom is -0.377 e. The summed E-state index contributed by atoms with van der Waals surface area (Å²) in [6.45, 7) is 1.08. The lowest BCUT2D eigenvalue weighted by Crippen LogP contribution is -2.47. The number of hydrogen-bond donors (Lipinski definition) is 2. The van der Waals surface area contributed by atoms with Gasteiger partial charge in [-0.3, -0.25) is 4.99 Å². The third kappa shape index (κ3) is 4.85. The molecule has 0 saturated heterocycles. The van der Waals surface area contributed by atoms with Gasteiger partial charge in [-0.15, -0.1) is 24.0 Å². The highest BCUT2D eigenvalue weighted by molar-refractivity contribution is 14.0. The molecule has 4 rings (SSSR count). The lowest BCUT2D eigenvalue weighted by Gasteiger charge is -2.25. The zero-order valence-electron chi connectivity index (χ0n) is 16.4. The Labute approximate surface area is 185 Å². The van der Waals surface area contributed by atoms with Crippen LogP contribution in [0.15, 0.2) is 23.2 Å². The summed E-state index contributed by atoms with van der Waals surface area (Å²) in [6.07, 6.45) is 2.40. The smallest absolute Gasteiger partial charge is 0.191 e. The number of methoxy groups -OCH3 is 1. The number of nitrogens with zero attached hydrogens (tertiary/aromatic N) is 4. The molecule has 0 spiro atoms. The van der Waals surface area contributed by atoms with Crippen molar-refractivity contribution < 1.29 is 13.5 Å². The topological polar surface area (TPSA) is 76.4 Å². The molecule has 1 fully saturated rings. The molecule has 3 atom stereocenters. The standard InChI is InChI=1S/C19H24F2N6O.HI/c1-22-19(24-15-8-12(15)18-13(20)4-3-5-14(18)21)23-11-6-7-17-25-16(10-28-2)26-27(17)9-11;/h3-5,11-12,15H,6-10H2,1-2H3,(H2,22,23,24);1H. The first kappa shape index (κ1) is 21.9. The van der Waals surface area contributed by atoms with E-state index in [0.29, 0.717) is 31.4 Å². The molecule has 29 heavy (non-hydrogen) atoms. The van der Waals surface area contributed by atoms with Gasteiger partial charge < -0.3 is 15.4 Å². The van der Waals surface area contributed by atoms with Crippen molar-refractivity contribution in [3.05, 3.63) is 47.0 Å². The van der Waals surface area contributed by atoms with Crippen molar-refractivity contribution in [1.29, 1.82) is 0 Å². The normalized spacial score (nSPS) is 23.2. The average Bonchev–Trinajstić information content (AvgIpc) is 3.29. The first-order valence-electron chi connectivity index (χ1n) is 9.44. The van der Waals surface area contributed by atoms with E-state index in [2.05, 4.69) is 25.7 Å². The molecule has 1 aliphatic carbocycles. The van der Waals surface area contributed by atoms with Gasteiger partial charge >= 0.3 is 0 Å². The van der Waals surface area contributed by atoms with Crippen LogP contribution in [0.3, 0.4) is 0 Å². The van der Waals surface area contributed by atoms with E-state index in [9.17, 15) is 8.78 Å². The largest absolute Gasteiger partial charge is 0.377 e. The van der Waals surface area contributed by atoms with Crippen molar-refractivity contribution in [1.82, 2.24) is 25.4 Å². The van der Waals surface area contributed by atoms with E-state index in [0.717, 1.165) is 18.7 Å². The van der Waals surface area contributed by atoms with Gasteiger partial charge in [-0.25, -0.2) is 18.4 Å². The summed E-state index contributed by atoms with van der Waals surface area (Å²) in [4.78, 5) is 8.74. The molecule has 2 aliphatic rings. The van der Waals surface area contributed by atoms with Crippen LogP contribution in [0, 0.1) is 11.6 Å². The van der Waals surface area contributed by atoms with Gasteiger partial charge in [-0.05, 0) is 25.0 Å². The Kier molecular flexibility index (Phi) is 7.04. The summed E-state index contributed by atoms with van der Waals surface area (Å²) in [6, 6.07) is 4.11. The van der Waals surface area contributed by atoms with Crippen LogP contribution in [0.2, 0.25) is 0 Å². The summed E-state index contributed by atoms with van der Waals surface area (Å²) >= 11 is 0. The number of aryl methyl sites for hydroxylation is 1. The van der Waals surface area contributed by atoms with Gasteiger partial charge in [-0.1, -0.05) is 6.07 Å². The lowest BCUT2D eigenvalue weighted by molar-refractivity contribution is 0.177. The van der Waals surface area contributed by atoms with Crippen molar-refractivity contribution in [2.24, 2.45) is 4.99 Å². The van der Waals surface area contributed by atoms with E-state index >= 15 is 0 Å². The first-order chi connectivity index (χ1) is 13.6. The number of ether oxygens (including phenoxy) is 1. The molecule has 0 amide bonds. The highest BCUT2D eigenvalue weighted by Gasteiger charge is 2.42. The minimum absolute atomic E-state index is 0. The van der Waals surface area contributed by atoms with Gasteiger partial charge in [0.25, 0.3) is 0 Å². The highest BCUT2D eigenvalue weighted by atomic mass is 127. The van der Waals surface area contributed by atoms with E-state index in [1.165, 1.54) is 18.2 Å². The van der Waals surface area contributed by atoms with Crippen molar-refractivity contribution in [2.45, 2.75) is 50.4 Å². The Morgan fingerprint density at radius 1 is 1.31 bits per heavy atom. The van der Waals surface area contributed by atoms with Crippen molar-refractivity contribution >= 4 is 29.9 Å². The van der Waals surface area contributed by atoms with Crippen LogP contribution >= 0.6 is 24.0 Å². The van der Waals surface area contributed by atoms with Crippen LogP contribution in [0.4, 0.5) is 8.78 Å². The van der Waals surface area contributed by atoms with Crippen molar-refractivity contribution in [3.8, 4) is 0 Å². The number of benzene rings is 1. The molecule has 10 heteroatoms. The molecule has 1 saturated carbocycles. The summed E-state index contributed by atoms with van der Waals surface area (Å²) in [5, 5.41) is 11.1. The zero-order chi connectivity index (χ0) is 19.7. The summed E-state index contributed by atoms with van der Waals surface area (Å²) in [7, 11) is 3.31. The van der Waals surface area contributed by atoms with Crippen LogP contribution in [-0.2, 0) is 24.3 Å². The molecule has 0 radical (unpaired) electrons. The quantitative estimate of drug-likeness (QED) is 0.361. The average molecular weight is 518 g/mol. The second-order valence-corrected chi connectivity index (χ2v) is 7.24. The molecule has 158 valence electrons. The molecule has 1 aromatic heterocycles. The lowest BCUT2D eigenvalue weighted by atomic mass is 10.1. The van der Waals surface area contributed by atoms with E-state index in [1.807, 2.05) is 4.68 Å². The number of rotatable bonds is 5. The highest BCUT2D eigenvalue weighted by Crippen LogP contribution is 2.43. The molecule has 7 nitrogen and oxygen atoms in total. The molecule has 3 unspecified atom stereocenters. The Hall–Kier alpha value is -1.82. The molecule has 2 heterocycles. The number of nitrogens with one attached hydrogen (secondary N) is 2. The van der Waals surface area contributed by atoms with Crippen LogP contribution in [0.5, 0.6) is 0 Å². The fourth-order valence-electron chi connectivity index (χ4n) is 3.75. The van der Waals surface area contributed by atoms with E-state index in [4.69, 9.17) is 4.74 Å². The van der Waals surface area contributed by atoms with Crippen LogP contribution in [0.1, 0.15) is 36.0 Å². The summed E-state index contributed by atoms with van der Waals surface area (Å²) in [5.41, 5.74) is 0.158. The summed E-state index contributed by atoms with van der Waals surface area (Å²) in [5.74, 6) is 1.13. The Morgan fingerprint density at radius 2 is 2.07 bits per heavy atom. The molecular weight excluding hydrogens is 493 g/mol. The monoisotopic (exact) mass is 518 g/mol. The predicted octanol–water partition coefficient (Wildman–Crippen LogP) is 2.36. The molecule has 0 bridgehead atoms. The van der Waals surface area contributed by atoms with Crippen molar-refractivity contribution in [3.63, 3.8) is 0 Å². The van der Waals surface area contributed by atoms with Gasteiger partial charge in [0, 0.05) is 44.1 Å². The zero-order valence-corrected chi connectivity index (χ0v) is 18.7. The number of aliphatic imine (C=N–C) groups is 1. The van der Waals surface area contributed by atoms with E-state index in [-0.39, 0.29) is 47.5 Å². The SMILES string of the molecule is CN=C(NC1CCc2nc(COC)nn2C1)NC1CC1c1c(F)cccc1F.I. The maximum absolute atomic E-state index is 14.0. The van der Waals surface area contributed by atoms with Gasteiger partial charge in [0.2, 0.25) is 0 Å². The van der Waals surface area contributed by atoms with Gasteiger partial charge in [-0.2, -0.15) is 5.10 Å². The molecule has 1 aliphatic heterocycles. The molecule has 2 aromatic rings. The van der Waals surface area contributed by atoms with Crippen molar-refractivity contribution in [2.75, 3.05) is 14.2 Å². The fraction of sp³-hybridized carbons (Fsp3) is 0.526. The first-order valence-corrected chi connectivity index (χ1v) is 9.44. The van der Waals surface area contributed by atoms with Gasteiger partial charge in [0.1, 0.15) is 24.1 Å². The number of hydrogen-bond acceptors (Lipinski definition) is 4. The molecule has 1 aromatic carbocycles. The van der Waals surface area contributed by atoms with E-state index < -0.39 is 11.6 Å². The second kappa shape index (κ2) is 9.33. The predicted molar refractivity (Wildman–Crippen MR) is 115 cm³/mol. The van der Waals surface area contributed by atoms with Gasteiger partial charge in [0.15, 0.2) is 11.8 Å². The summed E-state index contributed by atoms with van der Waals surface area (Å²) < 4.78 is 34.9.